The van der Waals surface area contributed by atoms with Crippen LogP contribution in [0.25, 0.3) is 0 Å². The van der Waals surface area contributed by atoms with Gasteiger partial charge in [-0.1, -0.05) is 0 Å². The number of anilines is 1. The van der Waals surface area contributed by atoms with Crippen LogP contribution < -0.4 is 10.6 Å². The molecule has 0 saturated heterocycles. The molecule has 5 heteroatoms. The van der Waals surface area contributed by atoms with Gasteiger partial charge < -0.3 is 15.7 Å². The van der Waals surface area contributed by atoms with Crippen molar-refractivity contribution in [3.63, 3.8) is 0 Å². The summed E-state index contributed by atoms with van der Waals surface area (Å²) >= 11 is 6.64. The van der Waals surface area contributed by atoms with Gasteiger partial charge in [0.05, 0.1) is 5.69 Å². The van der Waals surface area contributed by atoms with Crippen molar-refractivity contribution in [2.75, 3.05) is 18.5 Å². The summed E-state index contributed by atoms with van der Waals surface area (Å²) in [6, 6.07) is 1.96. The SMILES string of the molecule is OCCCNC(=S)Nc1ccsc1. The van der Waals surface area contributed by atoms with E-state index in [0.29, 0.717) is 18.1 Å². The normalized spacial score (nSPS) is 9.62. The topological polar surface area (TPSA) is 44.3 Å². The molecular weight excluding hydrogens is 204 g/mol. The third-order valence-electron chi connectivity index (χ3n) is 1.40. The lowest BCUT2D eigenvalue weighted by Crippen LogP contribution is -2.29. The molecule has 0 amide bonds. The zero-order valence-electron chi connectivity index (χ0n) is 7.12. The molecule has 0 saturated carbocycles. The molecule has 0 atom stereocenters. The Morgan fingerprint density at radius 2 is 2.46 bits per heavy atom. The number of thiocarbonyl (C=S) groups is 1. The third-order valence-corrected chi connectivity index (χ3v) is 2.33. The highest BCUT2D eigenvalue weighted by Crippen LogP contribution is 2.11. The zero-order chi connectivity index (χ0) is 9.52. The first-order chi connectivity index (χ1) is 6.33. The van der Waals surface area contributed by atoms with Gasteiger partial charge in [-0.05, 0) is 30.1 Å². The number of hydrogen-bond donors (Lipinski definition) is 3. The van der Waals surface area contributed by atoms with Crippen LogP contribution in [-0.4, -0.2) is 23.4 Å². The maximum Gasteiger partial charge on any atom is 0.170 e. The first kappa shape index (κ1) is 10.4. The second-order valence-corrected chi connectivity index (χ2v) is 3.66. The lowest BCUT2D eigenvalue weighted by Gasteiger charge is -2.07. The van der Waals surface area contributed by atoms with Crippen LogP contribution in [0.15, 0.2) is 16.8 Å². The standard InChI is InChI=1S/C8H12N2OS2/c11-4-1-3-9-8(12)10-7-2-5-13-6-7/h2,5-6,11H,1,3-4H2,(H2,9,10,12). The minimum Gasteiger partial charge on any atom is -0.396 e. The van der Waals surface area contributed by atoms with E-state index in [1.165, 1.54) is 0 Å². The highest BCUT2D eigenvalue weighted by molar-refractivity contribution is 7.80. The molecule has 3 N–H and O–H groups in total. The number of rotatable bonds is 4. The Labute approximate surface area is 86.8 Å². The summed E-state index contributed by atoms with van der Waals surface area (Å²) in [5.41, 5.74) is 1.01. The average Bonchev–Trinajstić information content (AvgIpc) is 2.57. The van der Waals surface area contributed by atoms with Crippen molar-refractivity contribution in [1.29, 1.82) is 0 Å². The molecule has 0 fully saturated rings. The maximum atomic E-state index is 8.53. The van der Waals surface area contributed by atoms with E-state index in [-0.39, 0.29) is 6.61 Å². The van der Waals surface area contributed by atoms with Gasteiger partial charge in [0.15, 0.2) is 5.11 Å². The molecule has 0 unspecified atom stereocenters. The van der Waals surface area contributed by atoms with E-state index in [2.05, 4.69) is 10.6 Å². The van der Waals surface area contributed by atoms with Crippen LogP contribution in [0.5, 0.6) is 0 Å². The summed E-state index contributed by atoms with van der Waals surface area (Å²) in [6.45, 7) is 0.889. The van der Waals surface area contributed by atoms with Crippen LogP contribution in [0.1, 0.15) is 6.42 Å². The van der Waals surface area contributed by atoms with Gasteiger partial charge in [0.25, 0.3) is 0 Å². The fourth-order valence-electron chi connectivity index (χ4n) is 0.792. The summed E-state index contributed by atoms with van der Waals surface area (Å²) in [5, 5.41) is 19.1. The van der Waals surface area contributed by atoms with Crippen molar-refractivity contribution in [1.82, 2.24) is 5.32 Å². The highest BCUT2D eigenvalue weighted by atomic mass is 32.1. The molecule has 0 aliphatic heterocycles. The number of aliphatic hydroxyl groups is 1. The highest BCUT2D eigenvalue weighted by Gasteiger charge is 1.95. The largest absolute Gasteiger partial charge is 0.396 e. The van der Waals surface area contributed by atoms with E-state index in [9.17, 15) is 0 Å². The van der Waals surface area contributed by atoms with E-state index >= 15 is 0 Å². The lowest BCUT2D eigenvalue weighted by atomic mass is 10.4. The van der Waals surface area contributed by atoms with Gasteiger partial charge in [-0.25, -0.2) is 0 Å². The van der Waals surface area contributed by atoms with Crippen LogP contribution in [0.3, 0.4) is 0 Å². The van der Waals surface area contributed by atoms with E-state index in [1.54, 1.807) is 11.3 Å². The van der Waals surface area contributed by atoms with E-state index in [1.807, 2.05) is 16.8 Å². The third kappa shape index (κ3) is 4.21. The van der Waals surface area contributed by atoms with Crippen molar-refractivity contribution in [3.05, 3.63) is 16.8 Å². The molecule has 0 radical (unpaired) electrons. The molecule has 0 aromatic carbocycles. The lowest BCUT2D eigenvalue weighted by molar-refractivity contribution is 0.289. The zero-order valence-corrected chi connectivity index (χ0v) is 8.75. The molecule has 0 bridgehead atoms. The van der Waals surface area contributed by atoms with E-state index in [4.69, 9.17) is 17.3 Å². The van der Waals surface area contributed by atoms with E-state index < -0.39 is 0 Å². The van der Waals surface area contributed by atoms with Crippen molar-refractivity contribution >= 4 is 34.4 Å². The van der Waals surface area contributed by atoms with Crippen LogP contribution in [0.4, 0.5) is 5.69 Å². The number of aliphatic hydroxyl groups excluding tert-OH is 1. The first-order valence-corrected chi connectivity index (χ1v) is 5.36. The van der Waals surface area contributed by atoms with Crippen LogP contribution >= 0.6 is 23.6 Å². The van der Waals surface area contributed by atoms with Crippen LogP contribution in [0, 0.1) is 0 Å². The molecule has 13 heavy (non-hydrogen) atoms. The number of hydrogen-bond acceptors (Lipinski definition) is 3. The maximum absolute atomic E-state index is 8.53. The fraction of sp³-hybridized carbons (Fsp3) is 0.375. The monoisotopic (exact) mass is 216 g/mol. The quantitative estimate of drug-likeness (QED) is 0.526. The van der Waals surface area contributed by atoms with Gasteiger partial charge in [-0.15, -0.1) is 0 Å². The average molecular weight is 216 g/mol. The van der Waals surface area contributed by atoms with Crippen molar-refractivity contribution in [3.8, 4) is 0 Å². The Kier molecular flexibility index (Phi) is 4.74. The molecule has 1 aromatic rings. The van der Waals surface area contributed by atoms with Gasteiger partial charge >= 0.3 is 0 Å². The molecular formula is C8H12N2OS2. The van der Waals surface area contributed by atoms with Gasteiger partial charge in [0.1, 0.15) is 0 Å². The Morgan fingerprint density at radius 3 is 3.08 bits per heavy atom. The van der Waals surface area contributed by atoms with E-state index in [0.717, 1.165) is 5.69 Å². The second kappa shape index (κ2) is 5.90. The minimum absolute atomic E-state index is 0.189. The molecule has 0 aliphatic carbocycles. The number of nitrogens with one attached hydrogen (secondary N) is 2. The van der Waals surface area contributed by atoms with Gasteiger partial charge in [0, 0.05) is 18.5 Å². The Bertz CT molecular complexity index is 249. The van der Waals surface area contributed by atoms with Gasteiger partial charge in [-0.3, -0.25) is 0 Å². The van der Waals surface area contributed by atoms with Crippen LogP contribution in [-0.2, 0) is 0 Å². The smallest absolute Gasteiger partial charge is 0.170 e. The molecule has 1 rings (SSSR count). The Balaban J connectivity index is 2.18. The minimum atomic E-state index is 0.189. The molecule has 0 aliphatic rings. The Hall–Kier alpha value is -0.650. The summed E-state index contributed by atoms with van der Waals surface area (Å²) in [5.74, 6) is 0. The molecule has 3 nitrogen and oxygen atoms in total. The summed E-state index contributed by atoms with van der Waals surface area (Å²) in [4.78, 5) is 0. The summed E-state index contributed by atoms with van der Waals surface area (Å²) < 4.78 is 0. The predicted octanol–water partition coefficient (Wildman–Crippen LogP) is 1.42. The molecule has 0 spiro atoms. The Morgan fingerprint density at radius 1 is 1.62 bits per heavy atom. The second-order valence-electron chi connectivity index (χ2n) is 2.47. The van der Waals surface area contributed by atoms with Crippen molar-refractivity contribution < 1.29 is 5.11 Å². The van der Waals surface area contributed by atoms with Crippen LogP contribution in [0.2, 0.25) is 0 Å². The van der Waals surface area contributed by atoms with Gasteiger partial charge in [0.2, 0.25) is 0 Å². The molecule has 1 aromatic heterocycles. The first-order valence-electron chi connectivity index (χ1n) is 4.01. The number of thiophene rings is 1. The van der Waals surface area contributed by atoms with Crippen molar-refractivity contribution in [2.45, 2.75) is 6.42 Å². The molecule has 1 heterocycles. The molecule has 72 valence electrons. The predicted molar refractivity (Wildman–Crippen MR) is 60.2 cm³/mol. The summed E-state index contributed by atoms with van der Waals surface area (Å²) in [6.07, 6.45) is 0.714. The van der Waals surface area contributed by atoms with Gasteiger partial charge in [-0.2, -0.15) is 11.3 Å². The fourth-order valence-corrected chi connectivity index (χ4v) is 1.60. The summed E-state index contributed by atoms with van der Waals surface area (Å²) in [7, 11) is 0. The van der Waals surface area contributed by atoms with Crippen molar-refractivity contribution in [2.24, 2.45) is 0 Å².